The molecule has 0 radical (unpaired) electrons. The van der Waals surface area contributed by atoms with E-state index in [-0.39, 0.29) is 6.10 Å². The Morgan fingerprint density at radius 1 is 1.50 bits per heavy atom. The van der Waals surface area contributed by atoms with Crippen molar-refractivity contribution in [3.05, 3.63) is 24.3 Å². The van der Waals surface area contributed by atoms with E-state index in [0.29, 0.717) is 6.04 Å². The van der Waals surface area contributed by atoms with Crippen LogP contribution in [0.15, 0.2) is 24.3 Å². The van der Waals surface area contributed by atoms with Gasteiger partial charge in [-0.3, -0.25) is 0 Å². The molecule has 1 aliphatic heterocycles. The molecule has 1 aromatic carbocycles. The van der Waals surface area contributed by atoms with Gasteiger partial charge in [-0.1, -0.05) is 13.0 Å². The molecule has 1 aliphatic rings. The predicted octanol–water partition coefficient (Wildman–Crippen LogP) is 2.67. The lowest BCUT2D eigenvalue weighted by molar-refractivity contribution is 0.0211. The first-order valence-corrected chi connectivity index (χ1v) is 5.89. The first-order chi connectivity index (χ1) is 7.78. The monoisotopic (exact) mass is 221 g/mol. The summed E-state index contributed by atoms with van der Waals surface area (Å²) in [5.74, 6) is 0.930. The Labute approximate surface area is 96.8 Å². The lowest BCUT2D eigenvalue weighted by atomic mass is 10.2. The second kappa shape index (κ2) is 5.21. The van der Waals surface area contributed by atoms with Crippen molar-refractivity contribution in [1.29, 1.82) is 0 Å². The van der Waals surface area contributed by atoms with Crippen LogP contribution in [0.3, 0.4) is 0 Å². The third kappa shape index (κ3) is 2.89. The maximum absolute atomic E-state index is 5.77. The van der Waals surface area contributed by atoms with Crippen LogP contribution in [0.25, 0.3) is 0 Å². The average molecular weight is 221 g/mol. The Balaban J connectivity index is 1.95. The molecule has 2 rings (SSSR count). The first-order valence-electron chi connectivity index (χ1n) is 5.89. The van der Waals surface area contributed by atoms with Crippen LogP contribution in [0.4, 0.5) is 5.69 Å². The van der Waals surface area contributed by atoms with Crippen LogP contribution in [0.1, 0.15) is 20.3 Å². The summed E-state index contributed by atoms with van der Waals surface area (Å²) in [6, 6.07) is 8.57. The van der Waals surface area contributed by atoms with Gasteiger partial charge in [-0.25, -0.2) is 0 Å². The van der Waals surface area contributed by atoms with Gasteiger partial charge >= 0.3 is 0 Å². The van der Waals surface area contributed by atoms with Crippen LogP contribution in [0, 0.1) is 0 Å². The van der Waals surface area contributed by atoms with E-state index in [0.717, 1.165) is 31.1 Å². The minimum atomic E-state index is 0.266. The van der Waals surface area contributed by atoms with E-state index in [1.54, 1.807) is 0 Å². The van der Waals surface area contributed by atoms with Crippen molar-refractivity contribution < 1.29 is 9.47 Å². The molecule has 16 heavy (non-hydrogen) atoms. The van der Waals surface area contributed by atoms with E-state index in [4.69, 9.17) is 9.47 Å². The molecular weight excluding hydrogens is 202 g/mol. The van der Waals surface area contributed by atoms with E-state index in [1.165, 1.54) is 0 Å². The normalized spacial score (nSPS) is 17.6. The highest BCUT2D eigenvalue weighted by molar-refractivity contribution is 5.49. The number of benzene rings is 1. The van der Waals surface area contributed by atoms with Crippen LogP contribution in [0.2, 0.25) is 0 Å². The Morgan fingerprint density at radius 2 is 2.31 bits per heavy atom. The van der Waals surface area contributed by atoms with Crippen molar-refractivity contribution >= 4 is 5.69 Å². The molecule has 0 spiro atoms. The Morgan fingerprint density at radius 3 is 2.94 bits per heavy atom. The zero-order valence-corrected chi connectivity index (χ0v) is 9.90. The van der Waals surface area contributed by atoms with Gasteiger partial charge in [0.25, 0.3) is 0 Å². The fraction of sp³-hybridized carbons (Fsp3) is 0.538. The molecule has 0 bridgehead atoms. The zero-order valence-electron chi connectivity index (χ0n) is 9.90. The largest absolute Gasteiger partial charge is 0.491 e. The molecule has 3 nitrogen and oxygen atoms in total. The van der Waals surface area contributed by atoms with E-state index < -0.39 is 0 Å². The van der Waals surface area contributed by atoms with Crippen molar-refractivity contribution in [3.8, 4) is 5.75 Å². The lowest BCUT2D eigenvalue weighted by Crippen LogP contribution is -2.40. The van der Waals surface area contributed by atoms with E-state index in [2.05, 4.69) is 25.2 Å². The lowest BCUT2D eigenvalue weighted by Gasteiger charge is -2.28. The second-order valence-corrected chi connectivity index (χ2v) is 4.24. The SMILES string of the molecule is CCC(C)Oc1cccc(NC2COC2)c1. The highest BCUT2D eigenvalue weighted by Gasteiger charge is 2.17. The number of nitrogens with one attached hydrogen (secondary N) is 1. The summed E-state index contributed by atoms with van der Waals surface area (Å²) < 4.78 is 10.9. The van der Waals surface area contributed by atoms with Crippen molar-refractivity contribution in [2.75, 3.05) is 18.5 Å². The molecule has 1 saturated heterocycles. The number of hydrogen-bond acceptors (Lipinski definition) is 3. The van der Waals surface area contributed by atoms with Crippen molar-refractivity contribution in [3.63, 3.8) is 0 Å². The molecule has 1 aromatic rings. The van der Waals surface area contributed by atoms with Gasteiger partial charge in [0.15, 0.2) is 0 Å². The predicted molar refractivity (Wildman–Crippen MR) is 65.1 cm³/mol. The Bertz CT molecular complexity index is 314. The maximum atomic E-state index is 5.77. The molecule has 1 unspecified atom stereocenters. The Kier molecular flexibility index (Phi) is 3.67. The molecule has 0 saturated carbocycles. The summed E-state index contributed by atoms with van der Waals surface area (Å²) in [5.41, 5.74) is 1.11. The summed E-state index contributed by atoms with van der Waals surface area (Å²) in [6.45, 7) is 5.81. The van der Waals surface area contributed by atoms with Gasteiger partial charge in [-0.15, -0.1) is 0 Å². The molecule has 88 valence electrons. The molecular formula is C13H19NO2. The molecule has 3 heteroatoms. The maximum Gasteiger partial charge on any atom is 0.121 e. The van der Waals surface area contributed by atoms with Crippen LogP contribution in [-0.2, 0) is 4.74 Å². The molecule has 0 aliphatic carbocycles. The topological polar surface area (TPSA) is 30.5 Å². The second-order valence-electron chi connectivity index (χ2n) is 4.24. The fourth-order valence-corrected chi connectivity index (χ4v) is 1.53. The van der Waals surface area contributed by atoms with Crippen molar-refractivity contribution in [2.45, 2.75) is 32.4 Å². The van der Waals surface area contributed by atoms with E-state index >= 15 is 0 Å². The van der Waals surface area contributed by atoms with E-state index in [9.17, 15) is 0 Å². The molecule has 1 heterocycles. The Hall–Kier alpha value is -1.22. The van der Waals surface area contributed by atoms with Crippen LogP contribution in [-0.4, -0.2) is 25.4 Å². The molecule has 1 N–H and O–H groups in total. The highest BCUT2D eigenvalue weighted by atomic mass is 16.5. The highest BCUT2D eigenvalue weighted by Crippen LogP contribution is 2.20. The average Bonchev–Trinajstić information content (AvgIpc) is 2.24. The molecule has 1 atom stereocenters. The number of rotatable bonds is 5. The number of ether oxygens (including phenoxy) is 2. The van der Waals surface area contributed by atoms with Gasteiger partial charge in [0.2, 0.25) is 0 Å². The summed E-state index contributed by atoms with van der Waals surface area (Å²) >= 11 is 0. The van der Waals surface area contributed by atoms with Crippen LogP contribution in [0.5, 0.6) is 5.75 Å². The smallest absolute Gasteiger partial charge is 0.121 e. The quantitative estimate of drug-likeness (QED) is 0.829. The summed E-state index contributed by atoms with van der Waals surface area (Å²) in [6.07, 6.45) is 1.29. The van der Waals surface area contributed by atoms with E-state index in [1.807, 2.05) is 18.2 Å². The standard InChI is InChI=1S/C13H19NO2/c1-3-10(2)16-13-6-4-5-11(7-13)14-12-8-15-9-12/h4-7,10,12,14H,3,8-9H2,1-2H3. The van der Waals surface area contributed by atoms with Gasteiger partial charge in [0, 0.05) is 11.8 Å². The summed E-state index contributed by atoms with van der Waals surface area (Å²) in [4.78, 5) is 0. The number of anilines is 1. The van der Waals surface area contributed by atoms with Gasteiger partial charge < -0.3 is 14.8 Å². The third-order valence-electron chi connectivity index (χ3n) is 2.76. The first kappa shape index (κ1) is 11.3. The van der Waals surface area contributed by atoms with Crippen molar-refractivity contribution in [1.82, 2.24) is 0 Å². The molecule has 0 aromatic heterocycles. The summed E-state index contributed by atoms with van der Waals surface area (Å²) in [5, 5.41) is 3.40. The van der Waals surface area contributed by atoms with Gasteiger partial charge in [0.05, 0.1) is 25.4 Å². The summed E-state index contributed by atoms with van der Waals surface area (Å²) in [7, 11) is 0. The fourth-order valence-electron chi connectivity index (χ4n) is 1.53. The molecule has 1 fully saturated rings. The molecule has 0 amide bonds. The van der Waals surface area contributed by atoms with Crippen molar-refractivity contribution in [2.24, 2.45) is 0 Å². The van der Waals surface area contributed by atoms with Crippen LogP contribution >= 0.6 is 0 Å². The zero-order chi connectivity index (χ0) is 11.4. The van der Waals surface area contributed by atoms with Gasteiger partial charge in [-0.05, 0) is 25.5 Å². The number of hydrogen-bond donors (Lipinski definition) is 1. The van der Waals surface area contributed by atoms with Crippen LogP contribution < -0.4 is 10.1 Å². The van der Waals surface area contributed by atoms with Gasteiger partial charge in [0.1, 0.15) is 5.75 Å². The minimum Gasteiger partial charge on any atom is -0.491 e. The minimum absolute atomic E-state index is 0.266. The third-order valence-corrected chi connectivity index (χ3v) is 2.76. The van der Waals surface area contributed by atoms with Gasteiger partial charge in [-0.2, -0.15) is 0 Å².